The molecule has 3 rings (SSSR count). The Morgan fingerprint density at radius 3 is 3.11 bits per heavy atom. The second-order valence-corrected chi connectivity index (χ2v) is 5.84. The van der Waals surface area contributed by atoms with Crippen molar-refractivity contribution in [1.82, 2.24) is 9.47 Å². The Morgan fingerprint density at radius 1 is 1.39 bits per heavy atom. The van der Waals surface area contributed by atoms with E-state index in [2.05, 4.69) is 62.9 Å². The summed E-state index contributed by atoms with van der Waals surface area (Å²) in [6.45, 7) is 3.80. The second-order valence-electron chi connectivity index (χ2n) is 4.93. The lowest BCUT2D eigenvalue weighted by atomic mass is 10.2. The number of fused-ring (bicyclic) bond motifs is 1. The predicted octanol–water partition coefficient (Wildman–Crippen LogP) is 2.73. The smallest absolute Gasteiger partial charge is 0.0881 e. The monoisotopic (exact) mass is 308 g/mol. The fraction of sp³-hybridized carbons (Fsp3) is 0.429. The summed E-state index contributed by atoms with van der Waals surface area (Å²) in [6, 6.07) is 8.55. The molecule has 0 spiro atoms. The van der Waals surface area contributed by atoms with Gasteiger partial charge in [0.05, 0.1) is 19.3 Å². The van der Waals surface area contributed by atoms with Crippen molar-refractivity contribution in [3.63, 3.8) is 0 Å². The minimum atomic E-state index is 0.290. The molecule has 0 bridgehead atoms. The highest BCUT2D eigenvalue weighted by Gasteiger charge is 2.18. The molecule has 1 unspecified atom stereocenters. The van der Waals surface area contributed by atoms with E-state index in [1.54, 1.807) is 0 Å². The average Bonchev–Trinajstić information content (AvgIpc) is 2.72. The van der Waals surface area contributed by atoms with E-state index in [4.69, 9.17) is 4.74 Å². The van der Waals surface area contributed by atoms with Crippen LogP contribution in [0.3, 0.4) is 0 Å². The Balaban J connectivity index is 1.83. The second kappa shape index (κ2) is 5.03. The van der Waals surface area contributed by atoms with E-state index in [9.17, 15) is 0 Å². The molecule has 1 aliphatic heterocycles. The topological polar surface area (TPSA) is 17.4 Å². The third kappa shape index (κ3) is 2.46. The summed E-state index contributed by atoms with van der Waals surface area (Å²) in [5, 5.41) is 1.28. The third-order valence-electron chi connectivity index (χ3n) is 3.48. The Morgan fingerprint density at radius 2 is 2.28 bits per heavy atom. The van der Waals surface area contributed by atoms with Crippen LogP contribution < -0.4 is 0 Å². The molecule has 1 saturated heterocycles. The van der Waals surface area contributed by atoms with E-state index < -0.39 is 0 Å². The molecule has 18 heavy (non-hydrogen) atoms. The van der Waals surface area contributed by atoms with Crippen LogP contribution in [0.25, 0.3) is 10.9 Å². The number of rotatable bonds is 2. The first-order chi connectivity index (χ1) is 8.72. The van der Waals surface area contributed by atoms with E-state index in [0.29, 0.717) is 6.10 Å². The number of hydrogen-bond acceptors (Lipinski definition) is 2. The molecular formula is C14H17BrN2O. The summed E-state index contributed by atoms with van der Waals surface area (Å²) in [5.41, 5.74) is 1.27. The van der Waals surface area contributed by atoms with E-state index in [0.717, 1.165) is 30.7 Å². The molecule has 0 radical (unpaired) electrons. The van der Waals surface area contributed by atoms with Gasteiger partial charge < -0.3 is 14.2 Å². The van der Waals surface area contributed by atoms with Gasteiger partial charge >= 0.3 is 0 Å². The molecule has 0 N–H and O–H groups in total. The molecule has 0 aliphatic carbocycles. The molecular weight excluding hydrogens is 292 g/mol. The highest BCUT2D eigenvalue weighted by atomic mass is 79.9. The zero-order valence-corrected chi connectivity index (χ0v) is 12.1. The van der Waals surface area contributed by atoms with Gasteiger partial charge in [-0.2, -0.15) is 0 Å². The minimum absolute atomic E-state index is 0.290. The fourth-order valence-electron chi connectivity index (χ4n) is 2.51. The number of halogens is 1. The molecule has 96 valence electrons. The Labute approximate surface area is 115 Å². The van der Waals surface area contributed by atoms with Crippen molar-refractivity contribution in [2.24, 2.45) is 0 Å². The number of morpholine rings is 1. The predicted molar refractivity (Wildman–Crippen MR) is 76.9 cm³/mol. The molecule has 1 atom stereocenters. The van der Waals surface area contributed by atoms with Crippen LogP contribution in [-0.2, 0) is 11.3 Å². The van der Waals surface area contributed by atoms with Gasteiger partial charge in [0.15, 0.2) is 0 Å². The molecule has 0 saturated carbocycles. The van der Waals surface area contributed by atoms with Crippen LogP contribution in [0.5, 0.6) is 0 Å². The molecule has 1 aromatic heterocycles. The van der Waals surface area contributed by atoms with E-state index in [1.807, 2.05) is 0 Å². The summed E-state index contributed by atoms with van der Waals surface area (Å²) < 4.78 is 9.23. The van der Waals surface area contributed by atoms with Crippen molar-refractivity contribution in [2.45, 2.75) is 12.6 Å². The Hall–Kier alpha value is -0.840. The van der Waals surface area contributed by atoms with Gasteiger partial charge in [-0.1, -0.05) is 22.0 Å². The lowest BCUT2D eigenvalue weighted by Crippen LogP contribution is -2.41. The molecule has 2 heterocycles. The van der Waals surface area contributed by atoms with E-state index in [-0.39, 0.29) is 0 Å². The molecule has 2 aromatic rings. The van der Waals surface area contributed by atoms with Gasteiger partial charge in [-0.3, -0.25) is 0 Å². The minimum Gasteiger partial charge on any atom is -0.374 e. The average molecular weight is 309 g/mol. The van der Waals surface area contributed by atoms with Crippen LogP contribution in [-0.4, -0.2) is 42.3 Å². The molecule has 4 heteroatoms. The number of ether oxygens (including phenoxy) is 1. The van der Waals surface area contributed by atoms with Gasteiger partial charge in [-0.15, -0.1) is 0 Å². The van der Waals surface area contributed by atoms with Crippen molar-refractivity contribution in [3.8, 4) is 0 Å². The summed E-state index contributed by atoms with van der Waals surface area (Å²) in [6.07, 6.45) is 2.44. The first kappa shape index (κ1) is 12.2. The lowest BCUT2D eigenvalue weighted by Gasteiger charge is -2.30. The summed E-state index contributed by atoms with van der Waals surface area (Å²) >= 11 is 3.53. The summed E-state index contributed by atoms with van der Waals surface area (Å²) in [7, 11) is 2.15. The normalized spacial score (nSPS) is 21.6. The first-order valence-corrected chi connectivity index (χ1v) is 7.06. The zero-order valence-electron chi connectivity index (χ0n) is 10.5. The van der Waals surface area contributed by atoms with Gasteiger partial charge in [0.25, 0.3) is 0 Å². The number of benzene rings is 1. The standard InChI is InChI=1S/C14H17BrN2O/c1-16-6-7-18-13(9-16)10-17-5-4-11-2-3-12(15)8-14(11)17/h2-5,8,13H,6-7,9-10H2,1H3. The Kier molecular flexibility index (Phi) is 3.41. The zero-order chi connectivity index (χ0) is 12.5. The maximum Gasteiger partial charge on any atom is 0.0881 e. The quantitative estimate of drug-likeness (QED) is 0.849. The SMILES string of the molecule is CN1CCOC(Cn2ccc3ccc(Br)cc32)C1. The summed E-state index contributed by atoms with van der Waals surface area (Å²) in [5.74, 6) is 0. The van der Waals surface area contributed by atoms with Gasteiger partial charge in [0, 0.05) is 29.3 Å². The van der Waals surface area contributed by atoms with Gasteiger partial charge in [0.2, 0.25) is 0 Å². The van der Waals surface area contributed by atoms with Crippen LogP contribution in [0.2, 0.25) is 0 Å². The number of aromatic nitrogens is 1. The van der Waals surface area contributed by atoms with Crippen molar-refractivity contribution < 1.29 is 4.74 Å². The number of hydrogen-bond donors (Lipinski definition) is 0. The van der Waals surface area contributed by atoms with E-state index >= 15 is 0 Å². The number of nitrogens with zero attached hydrogens (tertiary/aromatic N) is 2. The van der Waals surface area contributed by atoms with Crippen LogP contribution in [0.4, 0.5) is 0 Å². The van der Waals surface area contributed by atoms with Crippen LogP contribution in [0, 0.1) is 0 Å². The highest BCUT2D eigenvalue weighted by molar-refractivity contribution is 9.10. The maximum atomic E-state index is 5.83. The van der Waals surface area contributed by atoms with Gasteiger partial charge in [0.1, 0.15) is 0 Å². The van der Waals surface area contributed by atoms with Crippen LogP contribution in [0.1, 0.15) is 0 Å². The largest absolute Gasteiger partial charge is 0.374 e. The molecule has 3 nitrogen and oxygen atoms in total. The lowest BCUT2D eigenvalue weighted by molar-refractivity contribution is -0.0269. The van der Waals surface area contributed by atoms with Crippen molar-refractivity contribution in [1.29, 1.82) is 0 Å². The van der Waals surface area contributed by atoms with E-state index in [1.165, 1.54) is 10.9 Å². The molecule has 1 fully saturated rings. The van der Waals surface area contributed by atoms with Gasteiger partial charge in [-0.05, 0) is 30.6 Å². The molecule has 1 aromatic carbocycles. The molecule has 0 amide bonds. The first-order valence-electron chi connectivity index (χ1n) is 6.27. The van der Waals surface area contributed by atoms with Gasteiger partial charge in [-0.25, -0.2) is 0 Å². The molecule has 1 aliphatic rings. The maximum absolute atomic E-state index is 5.83. The number of likely N-dealkylation sites (N-methyl/N-ethyl adjacent to an activating group) is 1. The third-order valence-corrected chi connectivity index (χ3v) is 3.97. The van der Waals surface area contributed by atoms with Crippen LogP contribution in [0.15, 0.2) is 34.9 Å². The van der Waals surface area contributed by atoms with Crippen molar-refractivity contribution in [2.75, 3.05) is 26.7 Å². The summed E-state index contributed by atoms with van der Waals surface area (Å²) in [4.78, 5) is 2.33. The fourth-order valence-corrected chi connectivity index (χ4v) is 2.86. The van der Waals surface area contributed by atoms with Crippen LogP contribution >= 0.6 is 15.9 Å². The highest BCUT2D eigenvalue weighted by Crippen LogP contribution is 2.21. The van der Waals surface area contributed by atoms with Crippen molar-refractivity contribution >= 4 is 26.8 Å². The Bertz CT molecular complexity index is 552. The van der Waals surface area contributed by atoms with Crippen molar-refractivity contribution in [3.05, 3.63) is 34.9 Å².